The molecule has 0 aliphatic heterocycles. The predicted octanol–water partition coefficient (Wildman–Crippen LogP) is 3.37. The van der Waals surface area contributed by atoms with Crippen molar-refractivity contribution in [3.05, 3.63) is 16.8 Å². The molecule has 0 spiro atoms. The number of aromatic nitrogens is 3. The lowest BCUT2D eigenvalue weighted by Gasteiger charge is -2.39. The third kappa shape index (κ3) is 2.06. The van der Waals surface area contributed by atoms with E-state index in [9.17, 15) is 0 Å². The molecule has 102 valence electrons. The first-order chi connectivity index (χ1) is 8.78. The van der Waals surface area contributed by atoms with Gasteiger partial charge in [-0.3, -0.25) is 5.10 Å². The van der Waals surface area contributed by atoms with Crippen molar-refractivity contribution in [3.63, 3.8) is 0 Å². The maximum absolute atomic E-state index is 5.90. The van der Waals surface area contributed by atoms with E-state index in [4.69, 9.17) is 10.7 Å². The number of thiazole rings is 1. The first-order valence-electron chi connectivity index (χ1n) is 6.58. The zero-order chi connectivity index (χ0) is 13.8. The Morgan fingerprint density at radius 2 is 2.05 bits per heavy atom. The van der Waals surface area contributed by atoms with E-state index >= 15 is 0 Å². The number of nitrogen functional groups attached to an aromatic ring is 1. The van der Waals surface area contributed by atoms with Crippen LogP contribution in [0.1, 0.15) is 44.7 Å². The number of rotatable bonds is 1. The second-order valence-electron chi connectivity index (χ2n) is 6.89. The second-order valence-corrected chi connectivity index (χ2v) is 7.89. The zero-order valence-corrected chi connectivity index (χ0v) is 12.7. The zero-order valence-electron chi connectivity index (χ0n) is 11.9. The molecule has 0 atom stereocenters. The molecule has 3 rings (SSSR count). The average molecular weight is 276 g/mol. The number of hydrogen-bond acceptors (Lipinski definition) is 4. The maximum atomic E-state index is 5.90. The lowest BCUT2D eigenvalue weighted by Crippen LogP contribution is -2.33. The topological polar surface area (TPSA) is 67.6 Å². The van der Waals surface area contributed by atoms with Crippen LogP contribution in [0.3, 0.4) is 0 Å². The van der Waals surface area contributed by atoms with Gasteiger partial charge in [0.2, 0.25) is 0 Å². The van der Waals surface area contributed by atoms with Crippen LogP contribution in [-0.2, 0) is 11.8 Å². The van der Waals surface area contributed by atoms with Gasteiger partial charge in [0.05, 0.1) is 17.5 Å². The summed E-state index contributed by atoms with van der Waals surface area (Å²) in [5, 5.41) is 7.75. The monoisotopic (exact) mass is 276 g/mol. The number of hydrogen-bond donors (Lipinski definition) is 2. The summed E-state index contributed by atoms with van der Waals surface area (Å²) in [6.07, 6.45) is 3.99. The van der Waals surface area contributed by atoms with Crippen LogP contribution >= 0.6 is 11.3 Å². The second kappa shape index (κ2) is 3.82. The quantitative estimate of drug-likeness (QED) is 0.839. The van der Waals surface area contributed by atoms with E-state index in [0.717, 1.165) is 17.0 Å². The molecule has 2 aromatic rings. The smallest absolute Gasteiger partial charge is 0.129 e. The Bertz CT molecular complexity index is 621. The average Bonchev–Trinajstić information content (AvgIpc) is 2.81. The predicted molar refractivity (Wildman–Crippen MR) is 79.2 cm³/mol. The molecule has 0 radical (unpaired) electrons. The van der Waals surface area contributed by atoms with Gasteiger partial charge in [0.25, 0.3) is 0 Å². The van der Waals surface area contributed by atoms with Gasteiger partial charge in [0.1, 0.15) is 10.8 Å². The van der Waals surface area contributed by atoms with Crippen molar-refractivity contribution in [2.24, 2.45) is 5.41 Å². The van der Waals surface area contributed by atoms with Crippen LogP contribution in [0.4, 0.5) is 5.82 Å². The van der Waals surface area contributed by atoms with E-state index in [0.29, 0.717) is 11.2 Å². The van der Waals surface area contributed by atoms with Gasteiger partial charge in [-0.1, -0.05) is 27.7 Å². The van der Waals surface area contributed by atoms with Gasteiger partial charge in [-0.25, -0.2) is 4.98 Å². The van der Waals surface area contributed by atoms with Gasteiger partial charge in [-0.15, -0.1) is 11.3 Å². The lowest BCUT2D eigenvalue weighted by atomic mass is 9.67. The van der Waals surface area contributed by atoms with E-state index < -0.39 is 0 Å². The number of nitrogens with two attached hydrogens (primary N) is 1. The Kier molecular flexibility index (Phi) is 2.55. The van der Waals surface area contributed by atoms with E-state index in [2.05, 4.69) is 37.9 Å². The van der Waals surface area contributed by atoms with Crippen molar-refractivity contribution in [1.29, 1.82) is 0 Å². The van der Waals surface area contributed by atoms with Crippen LogP contribution in [0, 0.1) is 5.41 Å². The summed E-state index contributed by atoms with van der Waals surface area (Å²) in [7, 11) is 0. The number of fused-ring (bicyclic) bond motifs is 1. The van der Waals surface area contributed by atoms with Gasteiger partial charge in [0, 0.05) is 10.3 Å². The fourth-order valence-electron chi connectivity index (χ4n) is 3.37. The number of aromatic amines is 1. The van der Waals surface area contributed by atoms with Crippen molar-refractivity contribution >= 4 is 17.2 Å². The Morgan fingerprint density at radius 1 is 1.32 bits per heavy atom. The molecule has 0 unspecified atom stereocenters. The summed E-state index contributed by atoms with van der Waals surface area (Å²) in [5.41, 5.74) is 8.56. The normalized spacial score (nSPS) is 20.2. The van der Waals surface area contributed by atoms with E-state index in [1.165, 1.54) is 17.0 Å². The summed E-state index contributed by atoms with van der Waals surface area (Å²) in [5.74, 6) is 0.600. The van der Waals surface area contributed by atoms with E-state index in [1.54, 1.807) is 17.5 Å². The first-order valence-corrected chi connectivity index (χ1v) is 7.40. The molecule has 0 bridgehead atoms. The molecule has 5 heteroatoms. The van der Waals surface area contributed by atoms with Gasteiger partial charge in [-0.05, 0) is 18.3 Å². The third-order valence-corrected chi connectivity index (χ3v) is 5.27. The van der Waals surface area contributed by atoms with Crippen molar-refractivity contribution in [1.82, 2.24) is 15.2 Å². The largest absolute Gasteiger partial charge is 0.383 e. The summed E-state index contributed by atoms with van der Waals surface area (Å²) in [4.78, 5) is 6.23. The molecular formula is C14H20N4S. The van der Waals surface area contributed by atoms with Crippen LogP contribution < -0.4 is 5.73 Å². The third-order valence-electron chi connectivity index (χ3n) is 3.78. The van der Waals surface area contributed by atoms with Gasteiger partial charge >= 0.3 is 0 Å². The molecule has 0 saturated carbocycles. The standard InChI is InChI=1S/C14H20N4S/c1-13(2)5-9-10(14(3,4)7-13)19-12(17-9)8-6-16-18-11(8)15/h6H,5,7H2,1-4H3,(H3,15,16,18). The highest BCUT2D eigenvalue weighted by Crippen LogP contribution is 2.49. The fourth-order valence-corrected chi connectivity index (χ4v) is 4.58. The van der Waals surface area contributed by atoms with Crippen molar-refractivity contribution in [2.75, 3.05) is 5.73 Å². The Balaban J connectivity index is 2.11. The van der Waals surface area contributed by atoms with Crippen LogP contribution in [-0.4, -0.2) is 15.2 Å². The molecule has 3 N–H and O–H groups in total. The molecule has 4 nitrogen and oxygen atoms in total. The molecule has 1 aliphatic rings. The molecule has 2 aromatic heterocycles. The number of H-pyrrole nitrogens is 1. The Hall–Kier alpha value is -1.36. The SMILES string of the molecule is CC1(C)Cc2nc(-c3cn[nH]c3N)sc2C(C)(C)C1. The van der Waals surface area contributed by atoms with Crippen molar-refractivity contribution in [3.8, 4) is 10.6 Å². The molecule has 1 aliphatic carbocycles. The highest BCUT2D eigenvalue weighted by Gasteiger charge is 2.40. The summed E-state index contributed by atoms with van der Waals surface area (Å²) in [6, 6.07) is 0. The fraction of sp³-hybridized carbons (Fsp3) is 0.571. The minimum atomic E-state index is 0.186. The van der Waals surface area contributed by atoms with Crippen LogP contribution in [0.15, 0.2) is 6.20 Å². The maximum Gasteiger partial charge on any atom is 0.129 e. The minimum Gasteiger partial charge on any atom is -0.383 e. The first kappa shape index (κ1) is 12.7. The highest BCUT2D eigenvalue weighted by atomic mass is 32.1. The van der Waals surface area contributed by atoms with Crippen LogP contribution in [0.2, 0.25) is 0 Å². The lowest BCUT2D eigenvalue weighted by molar-refractivity contribution is 0.232. The molecule has 0 amide bonds. The number of anilines is 1. The van der Waals surface area contributed by atoms with Crippen molar-refractivity contribution < 1.29 is 0 Å². The van der Waals surface area contributed by atoms with Crippen LogP contribution in [0.5, 0.6) is 0 Å². The van der Waals surface area contributed by atoms with Gasteiger partial charge in [-0.2, -0.15) is 5.10 Å². The van der Waals surface area contributed by atoms with E-state index in [-0.39, 0.29) is 5.41 Å². The van der Waals surface area contributed by atoms with Crippen LogP contribution in [0.25, 0.3) is 10.6 Å². The summed E-state index contributed by atoms with van der Waals surface area (Å²) >= 11 is 1.76. The molecular weight excluding hydrogens is 256 g/mol. The summed E-state index contributed by atoms with van der Waals surface area (Å²) < 4.78 is 0. The van der Waals surface area contributed by atoms with E-state index in [1.807, 2.05) is 0 Å². The molecule has 19 heavy (non-hydrogen) atoms. The Morgan fingerprint density at radius 3 is 2.68 bits per heavy atom. The minimum absolute atomic E-state index is 0.186. The molecule has 0 aromatic carbocycles. The highest BCUT2D eigenvalue weighted by molar-refractivity contribution is 7.15. The van der Waals surface area contributed by atoms with Gasteiger partial charge < -0.3 is 5.73 Å². The molecule has 0 saturated heterocycles. The number of nitrogens with zero attached hydrogens (tertiary/aromatic N) is 2. The molecule has 2 heterocycles. The number of nitrogens with one attached hydrogen (secondary N) is 1. The summed E-state index contributed by atoms with van der Waals surface area (Å²) in [6.45, 7) is 9.27. The Labute approximate surface area is 117 Å². The van der Waals surface area contributed by atoms with Crippen molar-refractivity contribution in [2.45, 2.75) is 46.0 Å². The molecule has 0 fully saturated rings. The van der Waals surface area contributed by atoms with Gasteiger partial charge in [0.15, 0.2) is 0 Å².